The van der Waals surface area contributed by atoms with Gasteiger partial charge in [0.25, 0.3) is 5.91 Å². The van der Waals surface area contributed by atoms with Gasteiger partial charge in [-0.2, -0.15) is 0 Å². The van der Waals surface area contributed by atoms with Crippen molar-refractivity contribution >= 4 is 33.3 Å². The SMILES string of the molecule is CNc1c(C(=O)N2CCCC(C)(CN)C2)sc2nccnc12. The molecule has 1 aliphatic rings. The van der Waals surface area contributed by atoms with Crippen molar-refractivity contribution in [2.24, 2.45) is 11.1 Å². The van der Waals surface area contributed by atoms with E-state index in [0.29, 0.717) is 18.0 Å². The number of nitrogens with two attached hydrogens (primary N) is 1. The lowest BCUT2D eigenvalue weighted by molar-refractivity contribution is 0.0572. The smallest absolute Gasteiger partial charge is 0.266 e. The van der Waals surface area contributed by atoms with Crippen LogP contribution in [0.4, 0.5) is 5.69 Å². The van der Waals surface area contributed by atoms with Gasteiger partial charge >= 0.3 is 0 Å². The first-order chi connectivity index (χ1) is 10.6. The van der Waals surface area contributed by atoms with Gasteiger partial charge in [0.2, 0.25) is 0 Å². The standard InChI is InChI=1S/C15H21N5OS/c1-15(8-16)4-3-7-20(9-15)14(21)12-10(17-2)11-13(22-12)19-6-5-18-11/h5-6,17H,3-4,7-9,16H2,1-2H3. The van der Waals surface area contributed by atoms with Crippen LogP contribution in [0, 0.1) is 5.41 Å². The molecule has 0 saturated carbocycles. The lowest BCUT2D eigenvalue weighted by Crippen LogP contribution is -2.47. The van der Waals surface area contributed by atoms with Gasteiger partial charge in [0, 0.05) is 32.5 Å². The molecule has 7 heteroatoms. The van der Waals surface area contributed by atoms with E-state index in [1.54, 1.807) is 12.4 Å². The van der Waals surface area contributed by atoms with E-state index >= 15 is 0 Å². The molecule has 0 bridgehead atoms. The molecule has 118 valence electrons. The van der Waals surface area contributed by atoms with Crippen LogP contribution in [0.3, 0.4) is 0 Å². The van der Waals surface area contributed by atoms with Gasteiger partial charge in [-0.25, -0.2) is 9.97 Å². The first kappa shape index (κ1) is 15.2. The van der Waals surface area contributed by atoms with E-state index in [2.05, 4.69) is 22.2 Å². The number of carbonyl (C=O) groups excluding carboxylic acids is 1. The minimum atomic E-state index is 0.0148. The minimum Gasteiger partial charge on any atom is -0.385 e. The number of hydrogen-bond donors (Lipinski definition) is 2. The summed E-state index contributed by atoms with van der Waals surface area (Å²) in [6.45, 7) is 4.25. The Bertz CT molecular complexity index is 700. The summed E-state index contributed by atoms with van der Waals surface area (Å²) >= 11 is 1.40. The first-order valence-electron chi connectivity index (χ1n) is 7.48. The summed E-state index contributed by atoms with van der Waals surface area (Å²) in [5, 5.41) is 3.11. The number of aromatic nitrogens is 2. The van der Waals surface area contributed by atoms with Gasteiger partial charge in [-0.15, -0.1) is 11.3 Å². The van der Waals surface area contributed by atoms with Crippen LogP contribution in [0.1, 0.15) is 29.4 Å². The predicted octanol–water partition coefficient (Wildman–Crippen LogP) is 1.93. The van der Waals surface area contributed by atoms with Crippen LogP contribution in [0.2, 0.25) is 0 Å². The van der Waals surface area contributed by atoms with Gasteiger partial charge < -0.3 is 16.0 Å². The molecule has 3 rings (SSSR count). The normalized spacial score (nSPS) is 22.0. The van der Waals surface area contributed by atoms with E-state index in [4.69, 9.17) is 5.73 Å². The predicted molar refractivity (Wildman–Crippen MR) is 89.3 cm³/mol. The molecule has 3 N–H and O–H groups in total. The number of fused-ring (bicyclic) bond motifs is 1. The molecule has 22 heavy (non-hydrogen) atoms. The van der Waals surface area contributed by atoms with Crippen LogP contribution in [0.15, 0.2) is 12.4 Å². The molecule has 6 nitrogen and oxygen atoms in total. The average molecular weight is 319 g/mol. The van der Waals surface area contributed by atoms with Crippen LogP contribution in [-0.4, -0.2) is 47.5 Å². The van der Waals surface area contributed by atoms with E-state index in [9.17, 15) is 4.79 Å². The monoisotopic (exact) mass is 319 g/mol. The Morgan fingerprint density at radius 3 is 3.00 bits per heavy atom. The molecule has 1 aliphatic heterocycles. The Kier molecular flexibility index (Phi) is 4.01. The molecule has 1 atom stereocenters. The Morgan fingerprint density at radius 1 is 1.50 bits per heavy atom. The van der Waals surface area contributed by atoms with E-state index in [1.807, 2.05) is 11.9 Å². The fraction of sp³-hybridized carbons (Fsp3) is 0.533. The molecule has 0 aliphatic carbocycles. The van der Waals surface area contributed by atoms with Gasteiger partial charge in [-0.3, -0.25) is 4.79 Å². The maximum atomic E-state index is 13.0. The highest BCUT2D eigenvalue weighted by Crippen LogP contribution is 2.35. The molecule has 2 aromatic heterocycles. The topological polar surface area (TPSA) is 84.1 Å². The maximum Gasteiger partial charge on any atom is 0.266 e. The number of nitrogens with one attached hydrogen (secondary N) is 1. The summed E-state index contributed by atoms with van der Waals surface area (Å²) in [6, 6.07) is 0. The lowest BCUT2D eigenvalue weighted by Gasteiger charge is -2.39. The third kappa shape index (κ3) is 2.55. The van der Waals surface area contributed by atoms with Crippen molar-refractivity contribution < 1.29 is 4.79 Å². The Morgan fingerprint density at radius 2 is 2.27 bits per heavy atom. The molecule has 1 fully saturated rings. The second-order valence-corrected chi connectivity index (χ2v) is 7.11. The van der Waals surface area contributed by atoms with Crippen LogP contribution < -0.4 is 11.1 Å². The zero-order valence-corrected chi connectivity index (χ0v) is 13.7. The number of likely N-dealkylation sites (tertiary alicyclic amines) is 1. The highest BCUT2D eigenvalue weighted by atomic mass is 32.1. The third-order valence-corrected chi connectivity index (χ3v) is 5.41. The van der Waals surface area contributed by atoms with Gasteiger partial charge in [0.15, 0.2) is 0 Å². The summed E-state index contributed by atoms with van der Waals surface area (Å²) in [4.78, 5) is 25.0. The Hall–Kier alpha value is -1.73. The van der Waals surface area contributed by atoms with Gasteiger partial charge in [0.1, 0.15) is 15.2 Å². The van der Waals surface area contributed by atoms with Crippen molar-refractivity contribution in [3.63, 3.8) is 0 Å². The minimum absolute atomic E-state index is 0.0148. The molecule has 1 amide bonds. The van der Waals surface area contributed by atoms with Crippen molar-refractivity contribution in [1.29, 1.82) is 0 Å². The molecule has 1 unspecified atom stereocenters. The number of nitrogens with zero attached hydrogens (tertiary/aromatic N) is 3. The fourth-order valence-corrected chi connectivity index (χ4v) is 4.08. The Balaban J connectivity index is 1.95. The number of thiophene rings is 1. The molecule has 0 spiro atoms. The van der Waals surface area contributed by atoms with Gasteiger partial charge in [-0.1, -0.05) is 6.92 Å². The zero-order chi connectivity index (χ0) is 15.7. The fourth-order valence-electron chi connectivity index (χ4n) is 3.01. The highest BCUT2D eigenvalue weighted by molar-refractivity contribution is 7.21. The molecule has 0 aromatic carbocycles. The highest BCUT2D eigenvalue weighted by Gasteiger charge is 2.34. The number of amides is 1. The summed E-state index contributed by atoms with van der Waals surface area (Å²) in [6.07, 6.45) is 5.37. The van der Waals surface area contributed by atoms with Crippen LogP contribution in [-0.2, 0) is 0 Å². The van der Waals surface area contributed by atoms with E-state index in [1.165, 1.54) is 11.3 Å². The maximum absolute atomic E-state index is 13.0. The summed E-state index contributed by atoms with van der Waals surface area (Å²) in [5.74, 6) is 0.0496. The second-order valence-electron chi connectivity index (χ2n) is 6.11. The quantitative estimate of drug-likeness (QED) is 0.903. The number of rotatable bonds is 3. The second kappa shape index (κ2) is 5.81. The number of piperidine rings is 1. The number of anilines is 1. The summed E-state index contributed by atoms with van der Waals surface area (Å²) in [7, 11) is 1.81. The molecule has 0 radical (unpaired) electrons. The van der Waals surface area contributed by atoms with Crippen molar-refractivity contribution in [3.05, 3.63) is 17.3 Å². The first-order valence-corrected chi connectivity index (χ1v) is 8.30. The Labute approximate surface area is 133 Å². The van der Waals surface area contributed by atoms with Crippen LogP contribution >= 0.6 is 11.3 Å². The zero-order valence-electron chi connectivity index (χ0n) is 12.9. The number of hydrogen-bond acceptors (Lipinski definition) is 6. The molecular formula is C15H21N5OS. The average Bonchev–Trinajstić information content (AvgIpc) is 2.92. The molecule has 1 saturated heterocycles. The van der Waals surface area contributed by atoms with E-state index < -0.39 is 0 Å². The summed E-state index contributed by atoms with van der Waals surface area (Å²) < 4.78 is 0. The van der Waals surface area contributed by atoms with Gasteiger partial charge in [-0.05, 0) is 24.8 Å². The van der Waals surface area contributed by atoms with Crippen LogP contribution in [0.5, 0.6) is 0 Å². The largest absolute Gasteiger partial charge is 0.385 e. The molecule has 2 aromatic rings. The summed E-state index contributed by atoms with van der Waals surface area (Å²) in [5.41, 5.74) is 7.44. The number of carbonyl (C=O) groups is 1. The third-order valence-electron chi connectivity index (χ3n) is 4.33. The van der Waals surface area contributed by atoms with E-state index in [0.717, 1.165) is 35.4 Å². The molecule has 3 heterocycles. The van der Waals surface area contributed by atoms with Crippen LogP contribution in [0.25, 0.3) is 10.3 Å². The molecular weight excluding hydrogens is 298 g/mol. The van der Waals surface area contributed by atoms with Crippen molar-refractivity contribution in [1.82, 2.24) is 14.9 Å². The van der Waals surface area contributed by atoms with Gasteiger partial charge in [0.05, 0.1) is 5.69 Å². The van der Waals surface area contributed by atoms with Crippen molar-refractivity contribution in [3.8, 4) is 0 Å². The van der Waals surface area contributed by atoms with Crippen molar-refractivity contribution in [2.75, 3.05) is 32.0 Å². The van der Waals surface area contributed by atoms with Crippen molar-refractivity contribution in [2.45, 2.75) is 19.8 Å². The van der Waals surface area contributed by atoms with E-state index in [-0.39, 0.29) is 11.3 Å². The lowest BCUT2D eigenvalue weighted by atomic mass is 9.82.